The number of hydrogen-bond acceptors (Lipinski definition) is 15. The highest BCUT2D eigenvalue weighted by Crippen LogP contribution is 2.65. The fourth-order valence-corrected chi connectivity index (χ4v) is 7.05. The van der Waals surface area contributed by atoms with Crippen molar-refractivity contribution in [2.75, 3.05) is 13.7 Å². The molecule has 2 saturated heterocycles. The van der Waals surface area contributed by atoms with Gasteiger partial charge in [0, 0.05) is 53.0 Å². The van der Waals surface area contributed by atoms with Crippen LogP contribution < -0.4 is 11.1 Å². The molecule has 1 aliphatic carbocycles. The Labute approximate surface area is 272 Å². The summed E-state index contributed by atoms with van der Waals surface area (Å²) in [7, 11) is 1.05. The molecule has 1 saturated carbocycles. The minimum Gasteiger partial charge on any atom is -0.465 e. The predicted molar refractivity (Wildman–Crippen MR) is 156 cm³/mol. The number of rotatable bonds is 10. The molecule has 2 heterocycles. The van der Waals surface area contributed by atoms with Gasteiger partial charge in [-0.25, -0.2) is 9.59 Å². The molecule has 2 aliphatic heterocycles. The van der Waals surface area contributed by atoms with Crippen LogP contribution in [0.25, 0.3) is 0 Å². The standard InChI is InChI=1S/C30H45N3O14/c1-13(34)42-12-19(44-15(3)36)22(46-17(5)38)23-21(45-16(4)37)18(43-14(2)35)11-30(47-23,26(39)41-10)33-24-20(25(31)32-27(33)40)28(6,7)29(24,8)9/h18-25H,11-12,31H2,1-10H3,(H,32,40)/t18-,19+,20+,21+,22-,23+,24+,25?,30+/m0/s1. The molecule has 0 aromatic carbocycles. The summed E-state index contributed by atoms with van der Waals surface area (Å²) in [6, 6.07) is -1.58. The third kappa shape index (κ3) is 7.00. The number of nitrogens with one attached hydrogen (secondary N) is 1. The summed E-state index contributed by atoms with van der Waals surface area (Å²) >= 11 is 0. The number of nitrogens with two attached hydrogens (primary N) is 1. The smallest absolute Gasteiger partial charge is 0.360 e. The molecule has 1 unspecified atom stereocenters. The fraction of sp³-hybridized carbons (Fsp3) is 0.767. The molecular formula is C30H45N3O14. The van der Waals surface area contributed by atoms with Crippen molar-refractivity contribution in [2.24, 2.45) is 22.5 Å². The number of methoxy groups -OCH3 is 1. The van der Waals surface area contributed by atoms with Gasteiger partial charge in [-0.2, -0.15) is 0 Å². The Kier molecular flexibility index (Phi) is 10.9. The SMILES string of the molecule is COC(=O)[C@@]1(N2C(=O)NC(N)[C@H]3[C@@H]2C(C)(C)C3(C)C)C[C@H](OC(C)=O)[C@@H](OC(C)=O)[C@H]([C@@H](OC(C)=O)[C@@H](COC(C)=O)OC(C)=O)O1. The lowest BCUT2D eigenvalue weighted by Crippen LogP contribution is -2.86. The van der Waals surface area contributed by atoms with Crippen molar-refractivity contribution in [1.82, 2.24) is 10.2 Å². The number of fused-ring (bicyclic) bond motifs is 1. The largest absolute Gasteiger partial charge is 0.465 e. The molecule has 17 heteroatoms. The number of ether oxygens (including phenoxy) is 7. The Morgan fingerprint density at radius 2 is 1.47 bits per heavy atom. The molecule has 9 atom stereocenters. The fourth-order valence-electron chi connectivity index (χ4n) is 7.05. The van der Waals surface area contributed by atoms with Gasteiger partial charge in [-0.1, -0.05) is 27.7 Å². The van der Waals surface area contributed by atoms with Crippen LogP contribution >= 0.6 is 0 Å². The predicted octanol–water partition coefficient (Wildman–Crippen LogP) is 0.295. The highest BCUT2D eigenvalue weighted by Gasteiger charge is 2.74. The summed E-state index contributed by atoms with van der Waals surface area (Å²) < 4.78 is 38.9. The van der Waals surface area contributed by atoms with Crippen LogP contribution in [0.1, 0.15) is 68.7 Å². The maximum absolute atomic E-state index is 14.1. The van der Waals surface area contributed by atoms with Crippen molar-refractivity contribution in [2.45, 2.75) is 117 Å². The van der Waals surface area contributed by atoms with Crippen LogP contribution in [0.15, 0.2) is 0 Å². The highest BCUT2D eigenvalue weighted by atomic mass is 16.7. The van der Waals surface area contributed by atoms with Crippen molar-refractivity contribution < 1.29 is 66.7 Å². The molecule has 3 N–H and O–H groups in total. The Balaban J connectivity index is 2.35. The molecule has 0 spiro atoms. The number of amides is 2. The second-order valence-electron chi connectivity index (χ2n) is 13.1. The zero-order chi connectivity index (χ0) is 35.8. The van der Waals surface area contributed by atoms with Crippen molar-refractivity contribution in [1.29, 1.82) is 0 Å². The molecule has 3 aliphatic rings. The van der Waals surface area contributed by atoms with Crippen LogP contribution in [-0.4, -0.2) is 109 Å². The molecule has 17 nitrogen and oxygen atoms in total. The zero-order valence-electron chi connectivity index (χ0n) is 28.3. The maximum Gasteiger partial charge on any atom is 0.360 e. The average Bonchev–Trinajstić information content (AvgIpc) is 2.93. The molecule has 0 bridgehead atoms. The third-order valence-corrected chi connectivity index (χ3v) is 9.52. The van der Waals surface area contributed by atoms with Gasteiger partial charge in [0.1, 0.15) is 18.8 Å². The number of urea groups is 1. The first-order valence-corrected chi connectivity index (χ1v) is 15.1. The van der Waals surface area contributed by atoms with Crippen LogP contribution in [-0.2, 0) is 61.9 Å². The number of hydrogen-bond donors (Lipinski definition) is 2. The van der Waals surface area contributed by atoms with Gasteiger partial charge in [0.2, 0.25) is 5.72 Å². The minimum atomic E-state index is -2.43. The van der Waals surface area contributed by atoms with Gasteiger partial charge in [0.25, 0.3) is 0 Å². The van der Waals surface area contributed by atoms with Crippen LogP contribution in [0, 0.1) is 16.7 Å². The van der Waals surface area contributed by atoms with Gasteiger partial charge in [0.05, 0.1) is 13.3 Å². The number of carbonyl (C=O) groups excluding carboxylic acids is 7. The Morgan fingerprint density at radius 3 is 1.96 bits per heavy atom. The van der Waals surface area contributed by atoms with Crippen molar-refractivity contribution in [3.05, 3.63) is 0 Å². The van der Waals surface area contributed by atoms with E-state index in [1.54, 1.807) is 0 Å². The lowest BCUT2D eigenvalue weighted by Gasteiger charge is -2.72. The van der Waals surface area contributed by atoms with E-state index in [2.05, 4.69) is 5.32 Å². The molecule has 3 fully saturated rings. The van der Waals surface area contributed by atoms with Crippen LogP contribution in [0.3, 0.4) is 0 Å². The van der Waals surface area contributed by atoms with E-state index in [-0.39, 0.29) is 0 Å². The van der Waals surface area contributed by atoms with Gasteiger partial charge in [-0.05, 0) is 10.8 Å². The average molecular weight is 672 g/mol. The summed E-state index contributed by atoms with van der Waals surface area (Å²) in [6.45, 7) is 12.3. The Hall–Kier alpha value is -3.99. The van der Waals surface area contributed by atoms with Gasteiger partial charge < -0.3 is 44.2 Å². The molecule has 0 radical (unpaired) electrons. The van der Waals surface area contributed by atoms with Gasteiger partial charge in [0.15, 0.2) is 18.3 Å². The summed E-state index contributed by atoms with van der Waals surface area (Å²) in [6.07, 6.45) is -9.76. The van der Waals surface area contributed by atoms with E-state index in [4.69, 9.17) is 38.9 Å². The first kappa shape index (κ1) is 37.5. The highest BCUT2D eigenvalue weighted by molar-refractivity contribution is 5.88. The van der Waals surface area contributed by atoms with E-state index in [1.165, 1.54) is 0 Å². The second kappa shape index (κ2) is 13.6. The van der Waals surface area contributed by atoms with Crippen LogP contribution in [0.4, 0.5) is 4.79 Å². The quantitative estimate of drug-likeness (QED) is 0.235. The first-order chi connectivity index (χ1) is 21.6. The maximum atomic E-state index is 14.1. The Bertz CT molecular complexity index is 1300. The molecule has 47 heavy (non-hydrogen) atoms. The molecule has 0 aromatic rings. The first-order valence-electron chi connectivity index (χ1n) is 15.1. The molecule has 0 aromatic heterocycles. The van der Waals surface area contributed by atoms with Crippen LogP contribution in [0.2, 0.25) is 0 Å². The lowest BCUT2D eigenvalue weighted by molar-refractivity contribution is -0.318. The van der Waals surface area contributed by atoms with Crippen molar-refractivity contribution >= 4 is 41.8 Å². The monoisotopic (exact) mass is 671 g/mol. The van der Waals surface area contributed by atoms with Crippen molar-refractivity contribution in [3.63, 3.8) is 0 Å². The topological polar surface area (TPSA) is 225 Å². The van der Waals surface area contributed by atoms with E-state index in [0.29, 0.717) is 0 Å². The second-order valence-corrected chi connectivity index (χ2v) is 13.1. The molecule has 2 amide bonds. The van der Waals surface area contributed by atoms with Gasteiger partial charge in [-0.15, -0.1) is 0 Å². The van der Waals surface area contributed by atoms with E-state index < -0.39 is 120 Å². The van der Waals surface area contributed by atoms with Gasteiger partial charge >= 0.3 is 41.8 Å². The summed E-state index contributed by atoms with van der Waals surface area (Å²) in [5, 5.41) is 2.68. The van der Waals surface area contributed by atoms with Crippen LogP contribution in [0.5, 0.6) is 0 Å². The molecule has 3 rings (SSSR count). The van der Waals surface area contributed by atoms with Gasteiger partial charge in [-0.3, -0.25) is 28.9 Å². The summed E-state index contributed by atoms with van der Waals surface area (Å²) in [4.78, 5) is 90.6. The number of carbonyl (C=O) groups is 7. The van der Waals surface area contributed by atoms with E-state index in [0.717, 1.165) is 46.6 Å². The summed E-state index contributed by atoms with van der Waals surface area (Å²) in [5.41, 5.74) is 2.80. The van der Waals surface area contributed by atoms with E-state index >= 15 is 0 Å². The zero-order valence-corrected chi connectivity index (χ0v) is 28.3. The number of nitrogens with zero attached hydrogens (tertiary/aromatic N) is 1. The minimum absolute atomic E-state index is 0.431. The Morgan fingerprint density at radius 1 is 0.894 bits per heavy atom. The molecule has 264 valence electrons. The van der Waals surface area contributed by atoms with E-state index in [1.807, 2.05) is 27.7 Å². The normalized spacial score (nSPS) is 31.7. The van der Waals surface area contributed by atoms with E-state index in [9.17, 15) is 33.6 Å². The van der Waals surface area contributed by atoms with Crippen molar-refractivity contribution in [3.8, 4) is 0 Å². The third-order valence-electron chi connectivity index (χ3n) is 9.52. The lowest BCUT2D eigenvalue weighted by atomic mass is 9.41. The number of esters is 6. The summed E-state index contributed by atoms with van der Waals surface area (Å²) in [5.74, 6) is -5.91. The molecular weight excluding hydrogens is 626 g/mol.